The Morgan fingerprint density at radius 1 is 1.69 bits per heavy atom. The first-order valence-corrected chi connectivity index (χ1v) is 4.70. The van der Waals surface area contributed by atoms with Crippen LogP contribution in [0.5, 0.6) is 0 Å². The largest absolute Gasteiger partial charge is 0.384 e. The highest BCUT2D eigenvalue weighted by atomic mass is 16.3. The molecule has 2 heterocycles. The number of rotatable bonds is 2. The molecule has 0 amide bonds. The fraction of sp³-hybridized carbons (Fsp3) is 0.667. The molecule has 0 aromatic carbocycles. The number of aromatic nitrogens is 2. The van der Waals surface area contributed by atoms with Gasteiger partial charge in [-0.2, -0.15) is 0 Å². The van der Waals surface area contributed by atoms with Crippen LogP contribution < -0.4 is 5.32 Å². The molecule has 2 unspecified atom stereocenters. The van der Waals surface area contributed by atoms with Gasteiger partial charge in [0.15, 0.2) is 0 Å². The van der Waals surface area contributed by atoms with Crippen LogP contribution in [0.4, 0.5) is 0 Å². The Kier molecular flexibility index (Phi) is 2.33. The van der Waals surface area contributed by atoms with E-state index in [1.54, 1.807) is 6.20 Å². The molecule has 72 valence electrons. The van der Waals surface area contributed by atoms with E-state index in [-0.39, 0.29) is 6.04 Å². The molecule has 2 rings (SSSR count). The average Bonchev–Trinajstić information content (AvgIpc) is 2.72. The molecule has 13 heavy (non-hydrogen) atoms. The molecule has 1 aliphatic heterocycles. The summed E-state index contributed by atoms with van der Waals surface area (Å²) < 4.78 is 0. The predicted molar refractivity (Wildman–Crippen MR) is 49.3 cm³/mol. The van der Waals surface area contributed by atoms with Crippen molar-refractivity contribution in [2.45, 2.75) is 31.9 Å². The SMILES string of the molecule is Cc1cnc(C(O)C2CCCN2)[nH]1. The van der Waals surface area contributed by atoms with Gasteiger partial charge in [-0.05, 0) is 26.3 Å². The zero-order valence-corrected chi connectivity index (χ0v) is 7.75. The van der Waals surface area contributed by atoms with Gasteiger partial charge in [0.2, 0.25) is 0 Å². The molecule has 1 aromatic rings. The molecule has 2 atom stereocenters. The first-order valence-electron chi connectivity index (χ1n) is 4.70. The quantitative estimate of drug-likeness (QED) is 0.622. The van der Waals surface area contributed by atoms with Crippen LogP contribution in [0.1, 0.15) is 30.5 Å². The van der Waals surface area contributed by atoms with E-state index in [9.17, 15) is 5.11 Å². The van der Waals surface area contributed by atoms with Crippen LogP contribution in [-0.4, -0.2) is 27.7 Å². The summed E-state index contributed by atoms with van der Waals surface area (Å²) in [5.41, 5.74) is 0.993. The standard InChI is InChI=1S/C9H15N3O/c1-6-5-11-9(12-6)8(13)7-3-2-4-10-7/h5,7-8,10,13H,2-4H2,1H3,(H,11,12). The van der Waals surface area contributed by atoms with E-state index in [4.69, 9.17) is 0 Å². The van der Waals surface area contributed by atoms with E-state index in [1.807, 2.05) is 6.92 Å². The van der Waals surface area contributed by atoms with Crippen molar-refractivity contribution in [2.24, 2.45) is 0 Å². The summed E-state index contributed by atoms with van der Waals surface area (Å²) >= 11 is 0. The molecule has 1 aliphatic rings. The first kappa shape index (κ1) is 8.72. The molecule has 0 spiro atoms. The van der Waals surface area contributed by atoms with Gasteiger partial charge in [0.1, 0.15) is 11.9 Å². The van der Waals surface area contributed by atoms with Gasteiger partial charge in [0.05, 0.1) is 0 Å². The Morgan fingerprint density at radius 3 is 3.08 bits per heavy atom. The Labute approximate surface area is 77.4 Å². The number of hydrogen-bond donors (Lipinski definition) is 3. The highest BCUT2D eigenvalue weighted by Crippen LogP contribution is 2.20. The van der Waals surface area contributed by atoms with Crippen LogP contribution in [0.25, 0.3) is 0 Å². The lowest BCUT2D eigenvalue weighted by Gasteiger charge is -2.15. The van der Waals surface area contributed by atoms with Crippen molar-refractivity contribution < 1.29 is 5.11 Å². The van der Waals surface area contributed by atoms with Crippen LogP contribution in [-0.2, 0) is 0 Å². The molecule has 4 nitrogen and oxygen atoms in total. The number of imidazole rings is 1. The van der Waals surface area contributed by atoms with Crippen LogP contribution in [0.2, 0.25) is 0 Å². The number of hydrogen-bond acceptors (Lipinski definition) is 3. The molecular weight excluding hydrogens is 166 g/mol. The van der Waals surface area contributed by atoms with E-state index in [0.717, 1.165) is 25.1 Å². The lowest BCUT2D eigenvalue weighted by molar-refractivity contribution is 0.129. The van der Waals surface area contributed by atoms with Crippen molar-refractivity contribution in [3.63, 3.8) is 0 Å². The smallest absolute Gasteiger partial charge is 0.136 e. The molecule has 3 N–H and O–H groups in total. The van der Waals surface area contributed by atoms with Gasteiger partial charge in [-0.3, -0.25) is 0 Å². The van der Waals surface area contributed by atoms with Crippen molar-refractivity contribution >= 4 is 0 Å². The Bertz CT molecular complexity index is 278. The molecule has 4 heteroatoms. The topological polar surface area (TPSA) is 60.9 Å². The fourth-order valence-electron chi connectivity index (χ4n) is 1.75. The van der Waals surface area contributed by atoms with E-state index < -0.39 is 6.10 Å². The monoisotopic (exact) mass is 181 g/mol. The Morgan fingerprint density at radius 2 is 2.54 bits per heavy atom. The summed E-state index contributed by atoms with van der Waals surface area (Å²) in [5, 5.41) is 13.1. The third-order valence-corrected chi connectivity index (χ3v) is 2.48. The number of aliphatic hydroxyl groups excluding tert-OH is 1. The number of aromatic amines is 1. The summed E-state index contributed by atoms with van der Waals surface area (Å²) in [5.74, 6) is 0.678. The number of aliphatic hydroxyl groups is 1. The van der Waals surface area contributed by atoms with Crippen molar-refractivity contribution in [2.75, 3.05) is 6.54 Å². The average molecular weight is 181 g/mol. The van der Waals surface area contributed by atoms with Crippen molar-refractivity contribution in [3.8, 4) is 0 Å². The third-order valence-electron chi connectivity index (χ3n) is 2.48. The van der Waals surface area contributed by atoms with Gasteiger partial charge in [-0.1, -0.05) is 0 Å². The van der Waals surface area contributed by atoms with Crippen molar-refractivity contribution in [3.05, 3.63) is 17.7 Å². The molecule has 1 saturated heterocycles. The maximum absolute atomic E-state index is 9.88. The maximum atomic E-state index is 9.88. The molecule has 0 saturated carbocycles. The second-order valence-corrected chi connectivity index (χ2v) is 3.60. The van der Waals surface area contributed by atoms with Gasteiger partial charge in [0, 0.05) is 17.9 Å². The van der Waals surface area contributed by atoms with Crippen molar-refractivity contribution in [1.82, 2.24) is 15.3 Å². The molecule has 1 fully saturated rings. The number of H-pyrrole nitrogens is 1. The highest BCUT2D eigenvalue weighted by molar-refractivity contribution is 5.04. The lowest BCUT2D eigenvalue weighted by atomic mass is 10.1. The van der Waals surface area contributed by atoms with Gasteiger partial charge in [-0.15, -0.1) is 0 Å². The van der Waals surface area contributed by atoms with Gasteiger partial charge in [-0.25, -0.2) is 4.98 Å². The van der Waals surface area contributed by atoms with Crippen LogP contribution in [0.3, 0.4) is 0 Å². The van der Waals surface area contributed by atoms with E-state index in [2.05, 4.69) is 15.3 Å². The lowest BCUT2D eigenvalue weighted by Crippen LogP contribution is -2.29. The summed E-state index contributed by atoms with van der Waals surface area (Å²) in [4.78, 5) is 7.17. The van der Waals surface area contributed by atoms with E-state index in [0.29, 0.717) is 5.82 Å². The van der Waals surface area contributed by atoms with Crippen molar-refractivity contribution in [1.29, 1.82) is 0 Å². The molecule has 0 aliphatic carbocycles. The maximum Gasteiger partial charge on any atom is 0.136 e. The summed E-state index contributed by atoms with van der Waals surface area (Å²) in [6.45, 7) is 2.94. The number of aryl methyl sites for hydroxylation is 1. The highest BCUT2D eigenvalue weighted by Gasteiger charge is 2.25. The summed E-state index contributed by atoms with van der Waals surface area (Å²) in [6.07, 6.45) is 3.42. The minimum Gasteiger partial charge on any atom is -0.384 e. The number of nitrogens with zero attached hydrogens (tertiary/aromatic N) is 1. The van der Waals surface area contributed by atoms with Gasteiger partial charge < -0.3 is 15.4 Å². The fourth-order valence-corrected chi connectivity index (χ4v) is 1.75. The second kappa shape index (κ2) is 3.47. The summed E-state index contributed by atoms with van der Waals surface area (Å²) in [6, 6.07) is 0.172. The predicted octanol–water partition coefficient (Wildman–Crippen LogP) is 0.504. The van der Waals surface area contributed by atoms with E-state index in [1.165, 1.54) is 0 Å². The molecular formula is C9H15N3O. The molecule has 0 bridgehead atoms. The van der Waals surface area contributed by atoms with Crippen LogP contribution in [0, 0.1) is 6.92 Å². The third kappa shape index (κ3) is 1.73. The number of nitrogens with one attached hydrogen (secondary N) is 2. The van der Waals surface area contributed by atoms with Gasteiger partial charge in [0.25, 0.3) is 0 Å². The summed E-state index contributed by atoms with van der Waals surface area (Å²) in [7, 11) is 0. The molecule has 0 radical (unpaired) electrons. The Hall–Kier alpha value is -0.870. The first-order chi connectivity index (χ1) is 6.27. The minimum atomic E-state index is -0.490. The normalized spacial score (nSPS) is 24.9. The van der Waals surface area contributed by atoms with Crippen LogP contribution >= 0.6 is 0 Å². The van der Waals surface area contributed by atoms with Gasteiger partial charge >= 0.3 is 0 Å². The Balaban J connectivity index is 2.07. The van der Waals surface area contributed by atoms with Crippen LogP contribution in [0.15, 0.2) is 6.20 Å². The second-order valence-electron chi connectivity index (χ2n) is 3.60. The minimum absolute atomic E-state index is 0.172. The zero-order chi connectivity index (χ0) is 9.26. The van der Waals surface area contributed by atoms with E-state index >= 15 is 0 Å². The zero-order valence-electron chi connectivity index (χ0n) is 7.75. The molecule has 1 aromatic heterocycles.